The first-order chi connectivity index (χ1) is 11.0. The van der Waals surface area contributed by atoms with E-state index in [9.17, 15) is 0 Å². The SMILES string of the molecule is C1CCSSCC1.C1CC[Se][Se]CC1.C1C[Se][Se][Se]CCN1. The molecule has 0 radical (unpaired) electrons. The Hall–Kier alpha value is 3.26. The second-order valence-corrected chi connectivity index (χ2v) is 32.7. The summed E-state index contributed by atoms with van der Waals surface area (Å²) in [6.07, 6.45) is 8.96. The Kier molecular flexibility index (Phi) is 21.8. The summed E-state index contributed by atoms with van der Waals surface area (Å²) in [7, 11) is 4.06. The predicted molar refractivity (Wildman–Crippen MR) is 113 cm³/mol. The van der Waals surface area contributed by atoms with Gasteiger partial charge in [0.15, 0.2) is 0 Å². The fourth-order valence-electron chi connectivity index (χ4n) is 1.69. The van der Waals surface area contributed by atoms with E-state index in [1.54, 1.807) is 23.5 Å². The van der Waals surface area contributed by atoms with Gasteiger partial charge in [-0.2, -0.15) is 0 Å². The molecular weight excluding hydrogens is 641 g/mol. The fraction of sp³-hybridized carbons (Fsp3) is 1.00. The number of hydrogen-bond donors (Lipinski definition) is 1. The van der Waals surface area contributed by atoms with Gasteiger partial charge in [0.05, 0.1) is 0 Å². The molecule has 0 aromatic rings. The van der Waals surface area contributed by atoms with Gasteiger partial charge in [0.2, 0.25) is 0 Å². The number of nitrogens with one attached hydrogen (secondary N) is 1. The first kappa shape index (κ1) is 23.3. The van der Waals surface area contributed by atoms with Gasteiger partial charge in [-0.1, -0.05) is 28.0 Å². The van der Waals surface area contributed by atoms with E-state index < -0.39 is 0 Å². The van der Waals surface area contributed by atoms with Crippen molar-refractivity contribution in [3.63, 3.8) is 0 Å². The molecule has 3 heterocycles. The standard InChI is InChI=1S/C5H10S2.C5H10Se2.C4H9NSe3/c2*1-2-4-6-7-5-3-1;1-3-6-8-7-4-2-5-1/h2*1-5H2;5H,1-4H2. The van der Waals surface area contributed by atoms with Gasteiger partial charge >= 0.3 is 123 Å². The van der Waals surface area contributed by atoms with E-state index in [0.29, 0.717) is 0 Å². The second-order valence-electron chi connectivity index (χ2n) is 4.87. The summed E-state index contributed by atoms with van der Waals surface area (Å²) in [5, 5.41) is 9.60. The number of rotatable bonds is 0. The third-order valence-corrected chi connectivity index (χ3v) is 31.8. The van der Waals surface area contributed by atoms with E-state index in [1.165, 1.54) is 60.9 Å². The summed E-state index contributed by atoms with van der Waals surface area (Å²) < 4.78 is 0. The average Bonchev–Trinajstić information content (AvgIpc) is 2.98. The Morgan fingerprint density at radius 2 is 1.09 bits per heavy atom. The molecule has 3 saturated heterocycles. The molecule has 0 aromatic heterocycles. The maximum atomic E-state index is 3.43. The maximum absolute atomic E-state index is 3.43. The van der Waals surface area contributed by atoms with Crippen LogP contribution in [0.1, 0.15) is 38.5 Å². The van der Waals surface area contributed by atoms with Gasteiger partial charge in [0.25, 0.3) is 0 Å². The molecule has 0 bridgehead atoms. The Morgan fingerprint density at radius 1 is 0.545 bits per heavy atom. The first-order valence-electron chi connectivity index (χ1n) is 8.11. The van der Waals surface area contributed by atoms with Crippen molar-refractivity contribution in [2.75, 3.05) is 24.6 Å². The molecule has 0 amide bonds. The summed E-state index contributed by atoms with van der Waals surface area (Å²) in [4.78, 5) is 0. The zero-order chi connectivity index (χ0) is 15.6. The second kappa shape index (κ2) is 20.6. The van der Waals surface area contributed by atoms with E-state index in [4.69, 9.17) is 0 Å². The summed E-state index contributed by atoms with van der Waals surface area (Å²) in [5.74, 6) is 2.76. The van der Waals surface area contributed by atoms with E-state index in [-0.39, 0.29) is 0 Å². The molecule has 1 nitrogen and oxygen atoms in total. The van der Waals surface area contributed by atoms with Crippen molar-refractivity contribution in [1.29, 1.82) is 0 Å². The number of hydrogen-bond acceptors (Lipinski definition) is 3. The molecule has 3 rings (SSSR count). The van der Waals surface area contributed by atoms with E-state index >= 15 is 0 Å². The first-order valence-corrected chi connectivity index (χ1v) is 28.4. The van der Waals surface area contributed by atoms with Crippen LogP contribution in [0.4, 0.5) is 0 Å². The van der Waals surface area contributed by atoms with Crippen molar-refractivity contribution in [2.24, 2.45) is 0 Å². The van der Waals surface area contributed by atoms with Crippen LogP contribution >= 0.6 is 21.6 Å². The van der Waals surface area contributed by atoms with Crippen LogP contribution in [-0.2, 0) is 0 Å². The molecule has 0 saturated carbocycles. The average molecular weight is 670 g/mol. The van der Waals surface area contributed by atoms with Gasteiger partial charge in [-0.15, -0.1) is 0 Å². The Morgan fingerprint density at radius 3 is 1.68 bits per heavy atom. The van der Waals surface area contributed by atoms with Crippen molar-refractivity contribution in [3.05, 3.63) is 0 Å². The molecule has 0 atom stereocenters. The molecule has 0 aromatic carbocycles. The summed E-state index contributed by atoms with van der Waals surface area (Å²) in [6, 6.07) is 0. The molecule has 0 aliphatic carbocycles. The Balaban J connectivity index is 0.000000166. The van der Waals surface area contributed by atoms with Gasteiger partial charge in [0.1, 0.15) is 0 Å². The van der Waals surface area contributed by atoms with Crippen LogP contribution in [-0.4, -0.2) is 88.4 Å². The van der Waals surface area contributed by atoms with E-state index in [1.807, 2.05) is 21.6 Å². The molecule has 3 aliphatic heterocycles. The molecule has 1 N–H and O–H groups in total. The quantitative estimate of drug-likeness (QED) is 0.315. The zero-order valence-corrected chi connectivity index (χ0v) is 23.5. The van der Waals surface area contributed by atoms with Gasteiger partial charge in [-0.05, 0) is 12.8 Å². The van der Waals surface area contributed by atoms with Crippen molar-refractivity contribution < 1.29 is 0 Å². The summed E-state index contributed by atoms with van der Waals surface area (Å²) >= 11 is 5.43. The van der Waals surface area contributed by atoms with Crippen LogP contribution in [0.15, 0.2) is 0 Å². The summed E-state index contributed by atoms with van der Waals surface area (Å²) in [6.45, 7) is 2.61. The molecule has 8 heteroatoms. The Bertz CT molecular complexity index is 150. The predicted octanol–water partition coefficient (Wildman–Crippen LogP) is 3.25. The third-order valence-electron chi connectivity index (χ3n) is 2.90. The molecular formula is C14H29NS2Se5. The molecule has 0 unspecified atom stereocenters. The van der Waals surface area contributed by atoms with Crippen LogP contribution < -0.4 is 5.32 Å². The van der Waals surface area contributed by atoms with Gasteiger partial charge in [-0.25, -0.2) is 0 Å². The normalized spacial score (nSPS) is 24.0. The van der Waals surface area contributed by atoms with Gasteiger partial charge in [0, 0.05) is 11.5 Å². The zero-order valence-electron chi connectivity index (χ0n) is 13.3. The fourth-order valence-corrected chi connectivity index (χ4v) is 28.0. The summed E-state index contributed by atoms with van der Waals surface area (Å²) in [5.41, 5.74) is 0. The molecule has 3 fully saturated rings. The molecule has 0 spiro atoms. The minimum atomic E-state index is 1.06. The minimum absolute atomic E-state index is 1.06. The third kappa shape index (κ3) is 18.1. The van der Waals surface area contributed by atoms with Gasteiger partial charge < -0.3 is 0 Å². The molecule has 3 aliphatic rings. The van der Waals surface area contributed by atoms with Crippen LogP contribution in [0.3, 0.4) is 0 Å². The molecule has 132 valence electrons. The van der Waals surface area contributed by atoms with Crippen molar-refractivity contribution in [3.8, 4) is 0 Å². The van der Waals surface area contributed by atoms with Crippen LogP contribution in [0.5, 0.6) is 0 Å². The van der Waals surface area contributed by atoms with Crippen LogP contribution in [0.2, 0.25) is 21.3 Å². The monoisotopic (exact) mass is 675 g/mol. The Labute approximate surface area is 173 Å². The van der Waals surface area contributed by atoms with Gasteiger partial charge in [-0.3, -0.25) is 0 Å². The van der Waals surface area contributed by atoms with Crippen molar-refractivity contribution in [2.45, 2.75) is 59.8 Å². The van der Waals surface area contributed by atoms with Crippen LogP contribution in [0, 0.1) is 0 Å². The van der Waals surface area contributed by atoms with E-state index in [0.717, 1.165) is 63.8 Å². The van der Waals surface area contributed by atoms with E-state index in [2.05, 4.69) is 5.32 Å². The topological polar surface area (TPSA) is 12.0 Å². The van der Waals surface area contributed by atoms with Crippen molar-refractivity contribution in [1.82, 2.24) is 5.32 Å². The van der Waals surface area contributed by atoms with Crippen molar-refractivity contribution >= 4 is 85.4 Å². The van der Waals surface area contributed by atoms with Crippen LogP contribution in [0.25, 0.3) is 0 Å². The molecule has 22 heavy (non-hydrogen) atoms.